The van der Waals surface area contributed by atoms with Crippen LogP contribution in [-0.2, 0) is 10.0 Å². The molecule has 18 heavy (non-hydrogen) atoms. The van der Waals surface area contributed by atoms with Crippen LogP contribution in [0.3, 0.4) is 0 Å². The summed E-state index contributed by atoms with van der Waals surface area (Å²) in [5.41, 5.74) is 0.219. The third-order valence-corrected chi connectivity index (χ3v) is 4.73. The highest BCUT2D eigenvalue weighted by molar-refractivity contribution is 7.92. The molecule has 0 heterocycles. The average Bonchev–Trinajstić information content (AvgIpc) is 2.26. The van der Waals surface area contributed by atoms with Crippen LogP contribution in [0.1, 0.15) is 12.8 Å². The van der Waals surface area contributed by atoms with E-state index in [1.54, 1.807) is 0 Å². The highest BCUT2D eigenvalue weighted by Crippen LogP contribution is 2.32. The summed E-state index contributed by atoms with van der Waals surface area (Å²) >= 11 is 22.9. The number of hydrogen-bond donors (Lipinski definition) is 1. The van der Waals surface area contributed by atoms with Crippen molar-refractivity contribution in [1.29, 1.82) is 0 Å². The van der Waals surface area contributed by atoms with E-state index in [1.165, 1.54) is 12.1 Å². The second kappa shape index (κ2) is 7.06. The van der Waals surface area contributed by atoms with Gasteiger partial charge in [0.2, 0.25) is 10.0 Å². The van der Waals surface area contributed by atoms with E-state index in [2.05, 4.69) is 4.72 Å². The number of nitrogens with one attached hydrogen (secondary N) is 1. The zero-order valence-electron chi connectivity index (χ0n) is 9.22. The van der Waals surface area contributed by atoms with Crippen LogP contribution in [0.2, 0.25) is 15.1 Å². The first-order chi connectivity index (χ1) is 8.35. The van der Waals surface area contributed by atoms with Crippen LogP contribution >= 0.6 is 46.4 Å². The van der Waals surface area contributed by atoms with E-state index in [-0.39, 0.29) is 26.5 Å². The van der Waals surface area contributed by atoms with Crippen molar-refractivity contribution in [2.45, 2.75) is 12.8 Å². The molecule has 8 heteroatoms. The van der Waals surface area contributed by atoms with Gasteiger partial charge in [-0.25, -0.2) is 8.42 Å². The number of rotatable bonds is 6. The molecule has 1 rings (SSSR count). The maximum Gasteiger partial charge on any atom is 0.232 e. The third kappa shape index (κ3) is 5.02. The summed E-state index contributed by atoms with van der Waals surface area (Å²) in [7, 11) is -3.45. The fraction of sp³-hybridized carbons (Fsp3) is 0.400. The van der Waals surface area contributed by atoms with Gasteiger partial charge in [-0.3, -0.25) is 4.72 Å². The standard InChI is InChI=1S/C10H11Cl4NO2S/c11-3-1-2-4-18(16,17)15-10-6-8(13)7(12)5-9(10)14/h5-6,15H,1-4H2. The van der Waals surface area contributed by atoms with Gasteiger partial charge in [-0.2, -0.15) is 0 Å². The third-order valence-electron chi connectivity index (χ3n) is 2.07. The fourth-order valence-electron chi connectivity index (χ4n) is 1.21. The molecule has 102 valence electrons. The van der Waals surface area contributed by atoms with Crippen molar-refractivity contribution in [2.24, 2.45) is 0 Å². The summed E-state index contributed by atoms with van der Waals surface area (Å²) in [4.78, 5) is 0. The highest BCUT2D eigenvalue weighted by atomic mass is 35.5. The van der Waals surface area contributed by atoms with Crippen molar-refractivity contribution in [3.8, 4) is 0 Å². The fourth-order valence-corrected chi connectivity index (χ4v) is 3.24. The van der Waals surface area contributed by atoms with Gasteiger partial charge in [0.25, 0.3) is 0 Å². The second-order valence-electron chi connectivity index (χ2n) is 3.56. The van der Waals surface area contributed by atoms with Crippen LogP contribution in [-0.4, -0.2) is 20.1 Å². The molecule has 0 saturated carbocycles. The minimum atomic E-state index is -3.45. The Morgan fingerprint density at radius 3 is 2.22 bits per heavy atom. The first-order valence-corrected chi connectivity index (χ1v) is 8.39. The highest BCUT2D eigenvalue weighted by Gasteiger charge is 2.13. The summed E-state index contributed by atoms with van der Waals surface area (Å²) in [5, 5.41) is 0.705. The topological polar surface area (TPSA) is 46.2 Å². The summed E-state index contributed by atoms with van der Waals surface area (Å²) < 4.78 is 25.8. The predicted molar refractivity (Wildman–Crippen MR) is 78.8 cm³/mol. The van der Waals surface area contributed by atoms with E-state index in [0.29, 0.717) is 18.7 Å². The first-order valence-electron chi connectivity index (χ1n) is 5.07. The maximum atomic E-state index is 11.7. The molecule has 0 bridgehead atoms. The number of unbranched alkanes of at least 4 members (excludes halogenated alkanes) is 1. The molecule has 1 N–H and O–H groups in total. The minimum Gasteiger partial charge on any atom is -0.282 e. The van der Waals surface area contributed by atoms with Crippen LogP contribution in [0.25, 0.3) is 0 Å². The molecule has 0 aliphatic rings. The molecular weight excluding hydrogens is 340 g/mol. The second-order valence-corrected chi connectivity index (χ2v) is 7.00. The zero-order chi connectivity index (χ0) is 13.8. The Balaban J connectivity index is 2.81. The van der Waals surface area contributed by atoms with Crippen LogP contribution in [0, 0.1) is 0 Å². The largest absolute Gasteiger partial charge is 0.282 e. The van der Waals surface area contributed by atoms with Crippen molar-refractivity contribution < 1.29 is 8.42 Å². The number of alkyl halides is 1. The molecule has 0 spiro atoms. The molecule has 0 aliphatic heterocycles. The van der Waals surface area contributed by atoms with Crippen molar-refractivity contribution in [3.05, 3.63) is 27.2 Å². The van der Waals surface area contributed by atoms with E-state index in [0.717, 1.165) is 0 Å². The Bertz CT molecular complexity index is 519. The Morgan fingerprint density at radius 1 is 1.00 bits per heavy atom. The first kappa shape index (κ1) is 16.2. The van der Waals surface area contributed by atoms with Crippen LogP contribution in [0.5, 0.6) is 0 Å². The van der Waals surface area contributed by atoms with Crippen molar-refractivity contribution in [2.75, 3.05) is 16.4 Å². The monoisotopic (exact) mass is 349 g/mol. The lowest BCUT2D eigenvalue weighted by Gasteiger charge is -2.10. The van der Waals surface area contributed by atoms with E-state index in [4.69, 9.17) is 46.4 Å². The summed E-state index contributed by atoms with van der Waals surface area (Å²) in [5.74, 6) is 0.416. The normalized spacial score (nSPS) is 11.6. The molecular formula is C10H11Cl4NO2S. The van der Waals surface area contributed by atoms with Gasteiger partial charge in [-0.1, -0.05) is 34.8 Å². The van der Waals surface area contributed by atoms with Gasteiger partial charge in [0.1, 0.15) is 0 Å². The van der Waals surface area contributed by atoms with Crippen LogP contribution < -0.4 is 4.72 Å². The average molecular weight is 351 g/mol. The SMILES string of the molecule is O=S(=O)(CCCCCl)Nc1cc(Cl)c(Cl)cc1Cl. The Morgan fingerprint density at radius 2 is 1.61 bits per heavy atom. The molecule has 0 aromatic heterocycles. The molecule has 0 atom stereocenters. The van der Waals surface area contributed by atoms with Crippen LogP contribution in [0.4, 0.5) is 5.69 Å². The van der Waals surface area contributed by atoms with Crippen LogP contribution in [0.15, 0.2) is 12.1 Å². The van der Waals surface area contributed by atoms with E-state index >= 15 is 0 Å². The maximum absolute atomic E-state index is 11.7. The number of halogens is 4. The van der Waals surface area contributed by atoms with Crippen molar-refractivity contribution in [1.82, 2.24) is 0 Å². The molecule has 3 nitrogen and oxygen atoms in total. The molecule has 1 aromatic carbocycles. The number of hydrogen-bond acceptors (Lipinski definition) is 2. The number of anilines is 1. The van der Waals surface area contributed by atoms with Gasteiger partial charge in [0.15, 0.2) is 0 Å². The Hall–Kier alpha value is 0.130. The lowest BCUT2D eigenvalue weighted by Crippen LogP contribution is -2.17. The van der Waals surface area contributed by atoms with E-state index in [9.17, 15) is 8.42 Å². The summed E-state index contributed by atoms with van der Waals surface area (Å²) in [6.45, 7) is 0. The smallest absolute Gasteiger partial charge is 0.232 e. The number of sulfonamides is 1. The lowest BCUT2D eigenvalue weighted by atomic mass is 10.3. The summed E-state index contributed by atoms with van der Waals surface area (Å²) in [6.07, 6.45) is 1.12. The number of benzene rings is 1. The quantitative estimate of drug-likeness (QED) is 0.469. The van der Waals surface area contributed by atoms with Gasteiger partial charge >= 0.3 is 0 Å². The van der Waals surface area contributed by atoms with Crippen molar-refractivity contribution >= 4 is 62.1 Å². The Kier molecular flexibility index (Phi) is 6.35. The molecule has 1 aromatic rings. The zero-order valence-corrected chi connectivity index (χ0v) is 13.1. The minimum absolute atomic E-state index is 0.0176. The van der Waals surface area contributed by atoms with Gasteiger partial charge < -0.3 is 0 Å². The van der Waals surface area contributed by atoms with E-state index in [1.807, 2.05) is 0 Å². The van der Waals surface area contributed by atoms with Gasteiger partial charge in [0, 0.05) is 5.88 Å². The summed E-state index contributed by atoms with van der Waals surface area (Å²) in [6, 6.07) is 2.77. The predicted octanol–water partition coefficient (Wildman–Crippen LogP) is 4.41. The molecule has 0 amide bonds. The molecule has 0 fully saturated rings. The van der Waals surface area contributed by atoms with Gasteiger partial charge in [0.05, 0.1) is 26.5 Å². The van der Waals surface area contributed by atoms with Crippen molar-refractivity contribution in [3.63, 3.8) is 0 Å². The molecule has 0 unspecified atom stereocenters. The van der Waals surface area contributed by atoms with E-state index < -0.39 is 10.0 Å². The van der Waals surface area contributed by atoms with Gasteiger partial charge in [-0.15, -0.1) is 11.6 Å². The van der Waals surface area contributed by atoms with Gasteiger partial charge in [-0.05, 0) is 25.0 Å². The molecule has 0 saturated heterocycles. The molecule has 0 radical (unpaired) electrons. The Labute approximate surface area is 126 Å². The molecule has 0 aliphatic carbocycles. The lowest BCUT2D eigenvalue weighted by molar-refractivity contribution is 0.598.